The van der Waals surface area contributed by atoms with Gasteiger partial charge < -0.3 is 11.1 Å². The molecule has 1 aromatic carbocycles. The lowest BCUT2D eigenvalue weighted by atomic mass is 10.2. The van der Waals surface area contributed by atoms with E-state index in [4.69, 9.17) is 17.3 Å². The summed E-state index contributed by atoms with van der Waals surface area (Å²) in [5, 5.41) is 2.77. The molecule has 0 fully saturated rings. The normalized spacial score (nSPS) is 9.67. The quantitative estimate of drug-likeness (QED) is 0.837. The van der Waals surface area contributed by atoms with Gasteiger partial charge in [-0.25, -0.2) is 9.37 Å². The zero-order valence-corrected chi connectivity index (χ0v) is 11.6. The molecule has 0 saturated heterocycles. The smallest absolute Gasteiger partial charge is 0.259 e. The summed E-state index contributed by atoms with van der Waals surface area (Å²) >= 11 is 5.75. The molecule has 0 radical (unpaired) electrons. The highest BCUT2D eigenvalue weighted by molar-refractivity contribution is 6.31. The molecule has 0 spiro atoms. The Hall–Kier alpha value is -2.42. The second-order valence-electron chi connectivity index (χ2n) is 4.01. The standard InChI is InChI=1S/C15H11ClFN3O/c16-11-3-4-13(17)12(9-11)15(21)20-14-8-10(2-1-6-18)5-7-19-14/h3-5,7-9H,6,18H2,(H,19,20,21). The lowest BCUT2D eigenvalue weighted by Gasteiger charge is -2.06. The Labute approximate surface area is 126 Å². The van der Waals surface area contributed by atoms with Crippen molar-refractivity contribution in [2.45, 2.75) is 0 Å². The Bertz CT molecular complexity index is 737. The maximum atomic E-state index is 13.6. The van der Waals surface area contributed by atoms with E-state index in [9.17, 15) is 9.18 Å². The van der Waals surface area contributed by atoms with E-state index in [0.29, 0.717) is 5.56 Å². The highest BCUT2D eigenvalue weighted by atomic mass is 35.5. The van der Waals surface area contributed by atoms with E-state index in [0.717, 1.165) is 6.07 Å². The molecule has 2 aromatic rings. The van der Waals surface area contributed by atoms with Crippen LogP contribution < -0.4 is 11.1 Å². The first kappa shape index (κ1) is 15.0. The molecule has 0 saturated carbocycles. The number of anilines is 1. The summed E-state index contributed by atoms with van der Waals surface area (Å²) in [6.45, 7) is 0.234. The molecular formula is C15H11ClFN3O. The van der Waals surface area contributed by atoms with Crippen molar-refractivity contribution in [3.8, 4) is 11.8 Å². The number of hydrogen-bond acceptors (Lipinski definition) is 3. The van der Waals surface area contributed by atoms with Crippen LogP contribution in [0.4, 0.5) is 10.2 Å². The van der Waals surface area contributed by atoms with Crippen LogP contribution in [0.5, 0.6) is 0 Å². The summed E-state index contributed by atoms with van der Waals surface area (Å²) < 4.78 is 13.6. The minimum atomic E-state index is -0.657. The molecule has 0 aliphatic carbocycles. The zero-order valence-electron chi connectivity index (χ0n) is 10.9. The summed E-state index contributed by atoms with van der Waals surface area (Å²) in [5.41, 5.74) is 5.79. The number of amides is 1. The van der Waals surface area contributed by atoms with E-state index in [-0.39, 0.29) is 22.9 Å². The van der Waals surface area contributed by atoms with Crippen LogP contribution in [0.25, 0.3) is 0 Å². The molecule has 0 unspecified atom stereocenters. The van der Waals surface area contributed by atoms with E-state index >= 15 is 0 Å². The number of benzene rings is 1. The molecule has 3 N–H and O–H groups in total. The lowest BCUT2D eigenvalue weighted by Crippen LogP contribution is -2.14. The van der Waals surface area contributed by atoms with E-state index in [1.807, 2.05) is 0 Å². The number of carbonyl (C=O) groups excluding carboxylic acids is 1. The molecule has 1 aromatic heterocycles. The fraction of sp³-hybridized carbons (Fsp3) is 0.0667. The van der Waals surface area contributed by atoms with Gasteiger partial charge in [-0.15, -0.1) is 0 Å². The fourth-order valence-electron chi connectivity index (χ4n) is 1.58. The Morgan fingerprint density at radius 3 is 2.95 bits per heavy atom. The van der Waals surface area contributed by atoms with E-state index in [1.54, 1.807) is 12.1 Å². The molecule has 2 rings (SSSR count). The number of hydrogen-bond donors (Lipinski definition) is 2. The second-order valence-corrected chi connectivity index (χ2v) is 4.45. The Kier molecular flexibility index (Phi) is 4.88. The molecular weight excluding hydrogens is 293 g/mol. The molecule has 1 amide bonds. The van der Waals surface area contributed by atoms with E-state index < -0.39 is 11.7 Å². The van der Waals surface area contributed by atoms with Crippen molar-refractivity contribution >= 4 is 23.3 Å². The summed E-state index contributed by atoms with van der Waals surface area (Å²) in [6.07, 6.45) is 1.49. The molecule has 0 aliphatic rings. The molecule has 106 valence electrons. The van der Waals surface area contributed by atoms with Crippen molar-refractivity contribution in [1.82, 2.24) is 4.98 Å². The monoisotopic (exact) mass is 303 g/mol. The zero-order chi connectivity index (χ0) is 15.2. The van der Waals surface area contributed by atoms with E-state index in [1.165, 1.54) is 18.3 Å². The molecule has 1 heterocycles. The minimum absolute atomic E-state index is 0.150. The predicted octanol–water partition coefficient (Wildman–Crippen LogP) is 2.44. The van der Waals surface area contributed by atoms with Crippen molar-refractivity contribution in [1.29, 1.82) is 0 Å². The average Bonchev–Trinajstić information content (AvgIpc) is 2.48. The van der Waals surface area contributed by atoms with Crippen molar-refractivity contribution in [3.63, 3.8) is 0 Å². The first-order valence-electron chi connectivity index (χ1n) is 6.01. The van der Waals surface area contributed by atoms with Gasteiger partial charge in [-0.3, -0.25) is 4.79 Å². The van der Waals surface area contributed by atoms with Gasteiger partial charge >= 0.3 is 0 Å². The highest BCUT2D eigenvalue weighted by Gasteiger charge is 2.13. The van der Waals surface area contributed by atoms with Gasteiger partial charge in [-0.1, -0.05) is 23.4 Å². The lowest BCUT2D eigenvalue weighted by molar-refractivity contribution is 0.102. The van der Waals surface area contributed by atoms with E-state index in [2.05, 4.69) is 22.1 Å². The van der Waals surface area contributed by atoms with Crippen molar-refractivity contribution < 1.29 is 9.18 Å². The first-order valence-corrected chi connectivity index (χ1v) is 6.39. The number of nitrogens with zero attached hydrogens (tertiary/aromatic N) is 1. The Balaban J connectivity index is 2.21. The molecule has 4 nitrogen and oxygen atoms in total. The largest absolute Gasteiger partial charge is 0.320 e. The topological polar surface area (TPSA) is 68.0 Å². The van der Waals surface area contributed by atoms with Crippen LogP contribution in [0.3, 0.4) is 0 Å². The SMILES string of the molecule is NCC#Cc1ccnc(NC(=O)c2cc(Cl)ccc2F)c1. The third kappa shape index (κ3) is 4.02. The van der Waals surface area contributed by atoms with Gasteiger partial charge in [0.2, 0.25) is 0 Å². The number of halogens is 2. The van der Waals surface area contributed by atoms with Crippen LogP contribution in [0, 0.1) is 17.7 Å². The van der Waals surface area contributed by atoms with Crippen LogP contribution in [-0.2, 0) is 0 Å². The first-order chi connectivity index (χ1) is 10.1. The third-order valence-corrected chi connectivity index (χ3v) is 2.74. The molecule has 0 atom stereocenters. The average molecular weight is 304 g/mol. The Morgan fingerprint density at radius 1 is 1.38 bits per heavy atom. The highest BCUT2D eigenvalue weighted by Crippen LogP contribution is 2.16. The summed E-state index contributed by atoms with van der Waals surface area (Å²) in [5.74, 6) is 4.49. The van der Waals surface area contributed by atoms with Crippen LogP contribution in [0.15, 0.2) is 36.5 Å². The number of pyridine rings is 1. The number of nitrogens with one attached hydrogen (secondary N) is 1. The van der Waals surface area contributed by atoms with Crippen LogP contribution in [-0.4, -0.2) is 17.4 Å². The second kappa shape index (κ2) is 6.84. The molecule has 6 heteroatoms. The van der Waals surface area contributed by atoms with Gasteiger partial charge in [-0.2, -0.15) is 0 Å². The van der Waals surface area contributed by atoms with Gasteiger partial charge in [0.05, 0.1) is 12.1 Å². The number of aromatic nitrogens is 1. The van der Waals surface area contributed by atoms with Crippen molar-refractivity contribution in [2.24, 2.45) is 5.73 Å². The summed E-state index contributed by atoms with van der Waals surface area (Å²) in [7, 11) is 0. The molecule has 0 aliphatic heterocycles. The minimum Gasteiger partial charge on any atom is -0.320 e. The number of carbonyl (C=O) groups is 1. The van der Waals surface area contributed by atoms with Crippen LogP contribution >= 0.6 is 11.6 Å². The van der Waals surface area contributed by atoms with Crippen LogP contribution in [0.2, 0.25) is 5.02 Å². The maximum absolute atomic E-state index is 13.6. The number of nitrogens with two attached hydrogens (primary N) is 1. The Morgan fingerprint density at radius 2 is 2.19 bits per heavy atom. The van der Waals surface area contributed by atoms with Crippen molar-refractivity contribution in [3.05, 3.63) is 58.5 Å². The van der Waals surface area contributed by atoms with Crippen LogP contribution in [0.1, 0.15) is 15.9 Å². The molecule has 21 heavy (non-hydrogen) atoms. The van der Waals surface area contributed by atoms with Gasteiger partial charge in [0.15, 0.2) is 0 Å². The predicted molar refractivity (Wildman–Crippen MR) is 79.5 cm³/mol. The van der Waals surface area contributed by atoms with Gasteiger partial charge in [-0.05, 0) is 30.3 Å². The van der Waals surface area contributed by atoms with Crippen molar-refractivity contribution in [2.75, 3.05) is 11.9 Å². The number of rotatable bonds is 2. The van der Waals surface area contributed by atoms with Gasteiger partial charge in [0.1, 0.15) is 11.6 Å². The molecule has 0 bridgehead atoms. The third-order valence-electron chi connectivity index (χ3n) is 2.51. The fourth-order valence-corrected chi connectivity index (χ4v) is 1.76. The maximum Gasteiger partial charge on any atom is 0.259 e. The van der Waals surface area contributed by atoms with Gasteiger partial charge in [0, 0.05) is 16.8 Å². The van der Waals surface area contributed by atoms with Gasteiger partial charge in [0.25, 0.3) is 5.91 Å². The summed E-state index contributed by atoms with van der Waals surface area (Å²) in [4.78, 5) is 16.0. The summed E-state index contributed by atoms with van der Waals surface area (Å²) in [6, 6.07) is 7.01.